The smallest absolute Gasteiger partial charge is 0.179 e. The molecule has 0 spiro atoms. The summed E-state index contributed by atoms with van der Waals surface area (Å²) in [6.45, 7) is 1.23. The van der Waals surface area contributed by atoms with Crippen LogP contribution in [0.4, 0.5) is 0 Å². The lowest BCUT2D eigenvalue weighted by Crippen LogP contribution is -2.44. The van der Waals surface area contributed by atoms with E-state index in [1.54, 1.807) is 14.2 Å². The molecule has 18 heavy (non-hydrogen) atoms. The lowest BCUT2D eigenvalue weighted by atomic mass is 10.0. The fourth-order valence-electron chi connectivity index (χ4n) is 2.07. The number of carbonyl (C=O) groups excluding carboxylic acids is 1. The van der Waals surface area contributed by atoms with Crippen molar-refractivity contribution in [2.24, 2.45) is 0 Å². The van der Waals surface area contributed by atoms with E-state index in [1.165, 1.54) is 0 Å². The Hall–Kier alpha value is -1.59. The quantitative estimate of drug-likeness (QED) is 0.783. The van der Waals surface area contributed by atoms with Crippen molar-refractivity contribution in [1.82, 2.24) is 5.32 Å². The first-order valence-electron chi connectivity index (χ1n) is 5.79. The SMILES string of the molecule is COc1ccc(CC2(C=O)NCCO2)cc1OC. The number of benzene rings is 1. The Bertz CT molecular complexity index is 427. The maximum Gasteiger partial charge on any atom is 0.179 e. The predicted octanol–water partition coefficient (Wildman–Crippen LogP) is 0.761. The number of ether oxygens (including phenoxy) is 3. The van der Waals surface area contributed by atoms with E-state index in [2.05, 4.69) is 5.32 Å². The molecule has 5 heteroatoms. The normalized spacial score (nSPS) is 22.8. The number of carbonyl (C=O) groups is 1. The molecular formula is C13H17NO4. The zero-order valence-electron chi connectivity index (χ0n) is 10.6. The van der Waals surface area contributed by atoms with Crippen LogP contribution < -0.4 is 14.8 Å². The van der Waals surface area contributed by atoms with E-state index in [9.17, 15) is 4.79 Å². The Morgan fingerprint density at radius 1 is 1.39 bits per heavy atom. The molecule has 1 heterocycles. The van der Waals surface area contributed by atoms with Crippen molar-refractivity contribution in [2.45, 2.75) is 12.1 Å². The Morgan fingerprint density at radius 3 is 2.72 bits per heavy atom. The van der Waals surface area contributed by atoms with Gasteiger partial charge in [-0.3, -0.25) is 10.1 Å². The molecule has 1 fully saturated rings. The van der Waals surface area contributed by atoms with Gasteiger partial charge >= 0.3 is 0 Å². The molecule has 1 N–H and O–H groups in total. The first-order chi connectivity index (χ1) is 8.73. The van der Waals surface area contributed by atoms with Crippen LogP contribution in [0.5, 0.6) is 11.5 Å². The van der Waals surface area contributed by atoms with Crippen molar-refractivity contribution < 1.29 is 19.0 Å². The van der Waals surface area contributed by atoms with Gasteiger partial charge in [-0.1, -0.05) is 6.07 Å². The molecule has 2 rings (SSSR count). The maximum atomic E-state index is 11.2. The third-order valence-corrected chi connectivity index (χ3v) is 2.99. The Morgan fingerprint density at radius 2 is 2.17 bits per heavy atom. The van der Waals surface area contributed by atoms with E-state index in [0.717, 1.165) is 11.8 Å². The van der Waals surface area contributed by atoms with Gasteiger partial charge in [0.1, 0.15) is 0 Å². The summed E-state index contributed by atoms with van der Waals surface area (Å²) >= 11 is 0. The van der Waals surface area contributed by atoms with Gasteiger partial charge in [-0.05, 0) is 17.7 Å². The van der Waals surface area contributed by atoms with Crippen LogP contribution in [0.2, 0.25) is 0 Å². The summed E-state index contributed by atoms with van der Waals surface area (Å²) in [6.07, 6.45) is 1.29. The van der Waals surface area contributed by atoms with E-state index in [1.807, 2.05) is 18.2 Å². The monoisotopic (exact) mass is 251 g/mol. The largest absolute Gasteiger partial charge is 0.493 e. The second-order valence-corrected chi connectivity index (χ2v) is 4.15. The van der Waals surface area contributed by atoms with Gasteiger partial charge in [0.05, 0.1) is 20.8 Å². The molecule has 0 aliphatic carbocycles. The summed E-state index contributed by atoms with van der Waals surface area (Å²) in [4.78, 5) is 11.2. The van der Waals surface area contributed by atoms with Crippen molar-refractivity contribution >= 4 is 6.29 Å². The van der Waals surface area contributed by atoms with Crippen LogP contribution in [0.15, 0.2) is 18.2 Å². The summed E-state index contributed by atoms with van der Waals surface area (Å²) in [5.41, 5.74) is 0.0497. The maximum absolute atomic E-state index is 11.2. The fourth-order valence-corrected chi connectivity index (χ4v) is 2.07. The van der Waals surface area contributed by atoms with Crippen molar-refractivity contribution in [3.05, 3.63) is 23.8 Å². The summed E-state index contributed by atoms with van der Waals surface area (Å²) < 4.78 is 15.9. The van der Waals surface area contributed by atoms with Gasteiger partial charge in [0.2, 0.25) is 0 Å². The van der Waals surface area contributed by atoms with Crippen LogP contribution in [0.1, 0.15) is 5.56 Å². The molecule has 1 aromatic rings. The second-order valence-electron chi connectivity index (χ2n) is 4.15. The summed E-state index contributed by atoms with van der Waals surface area (Å²) in [5.74, 6) is 1.32. The number of hydrogen-bond acceptors (Lipinski definition) is 5. The lowest BCUT2D eigenvalue weighted by molar-refractivity contribution is -0.127. The van der Waals surface area contributed by atoms with Gasteiger partial charge in [0, 0.05) is 13.0 Å². The zero-order chi connectivity index (χ0) is 13.0. The van der Waals surface area contributed by atoms with Crippen molar-refractivity contribution in [1.29, 1.82) is 0 Å². The van der Waals surface area contributed by atoms with Crippen LogP contribution in [0, 0.1) is 0 Å². The molecule has 0 amide bonds. The minimum atomic E-state index is -0.903. The molecule has 1 aliphatic rings. The standard InChI is InChI=1S/C13H17NO4/c1-16-11-4-3-10(7-12(11)17-2)8-13(9-15)14-5-6-18-13/h3-4,7,9,14H,5-6,8H2,1-2H3. The molecule has 5 nitrogen and oxygen atoms in total. The minimum Gasteiger partial charge on any atom is -0.493 e. The van der Waals surface area contributed by atoms with Crippen LogP contribution in [0.25, 0.3) is 0 Å². The third-order valence-electron chi connectivity index (χ3n) is 2.99. The van der Waals surface area contributed by atoms with E-state index in [4.69, 9.17) is 14.2 Å². The van der Waals surface area contributed by atoms with Crippen molar-refractivity contribution in [3.63, 3.8) is 0 Å². The molecule has 0 radical (unpaired) electrons. The van der Waals surface area contributed by atoms with Gasteiger partial charge in [-0.25, -0.2) is 0 Å². The first kappa shape index (κ1) is 12.9. The Labute approximate surface area is 106 Å². The van der Waals surface area contributed by atoms with Crippen molar-refractivity contribution in [3.8, 4) is 11.5 Å². The van der Waals surface area contributed by atoms with Gasteiger partial charge in [-0.2, -0.15) is 0 Å². The van der Waals surface area contributed by atoms with Crippen molar-refractivity contribution in [2.75, 3.05) is 27.4 Å². The molecule has 0 saturated carbocycles. The van der Waals surface area contributed by atoms with Crippen LogP contribution in [-0.4, -0.2) is 39.4 Å². The average molecular weight is 251 g/mol. The van der Waals surface area contributed by atoms with Crippen LogP contribution in [0.3, 0.4) is 0 Å². The number of nitrogens with one attached hydrogen (secondary N) is 1. The molecule has 0 aromatic heterocycles. The Kier molecular flexibility index (Phi) is 3.84. The summed E-state index contributed by atoms with van der Waals surface area (Å²) in [5, 5.41) is 3.07. The van der Waals surface area contributed by atoms with Gasteiger partial charge in [-0.15, -0.1) is 0 Å². The van der Waals surface area contributed by atoms with Crippen LogP contribution in [-0.2, 0) is 16.0 Å². The Balaban J connectivity index is 2.21. The van der Waals surface area contributed by atoms with E-state index < -0.39 is 5.72 Å². The van der Waals surface area contributed by atoms with E-state index in [0.29, 0.717) is 31.1 Å². The summed E-state index contributed by atoms with van der Waals surface area (Å²) in [6, 6.07) is 5.57. The topological polar surface area (TPSA) is 56.8 Å². The molecule has 0 bridgehead atoms. The minimum absolute atomic E-state index is 0.469. The molecule has 1 saturated heterocycles. The number of aldehydes is 1. The zero-order valence-corrected chi connectivity index (χ0v) is 10.6. The molecule has 1 atom stereocenters. The second kappa shape index (κ2) is 5.37. The highest BCUT2D eigenvalue weighted by atomic mass is 16.5. The van der Waals surface area contributed by atoms with E-state index >= 15 is 0 Å². The lowest BCUT2D eigenvalue weighted by Gasteiger charge is -2.22. The highest BCUT2D eigenvalue weighted by Gasteiger charge is 2.34. The molecule has 98 valence electrons. The van der Waals surface area contributed by atoms with Gasteiger partial charge in [0.15, 0.2) is 23.5 Å². The molecular weight excluding hydrogens is 234 g/mol. The van der Waals surface area contributed by atoms with E-state index in [-0.39, 0.29) is 0 Å². The first-order valence-corrected chi connectivity index (χ1v) is 5.79. The fraction of sp³-hybridized carbons (Fsp3) is 0.462. The van der Waals surface area contributed by atoms with Gasteiger partial charge < -0.3 is 14.2 Å². The highest BCUT2D eigenvalue weighted by molar-refractivity contribution is 5.63. The third kappa shape index (κ3) is 2.47. The predicted molar refractivity (Wildman–Crippen MR) is 66.0 cm³/mol. The molecule has 1 aromatic carbocycles. The number of rotatable bonds is 5. The molecule has 1 unspecified atom stereocenters. The highest BCUT2D eigenvalue weighted by Crippen LogP contribution is 2.29. The summed E-state index contributed by atoms with van der Waals surface area (Å²) in [7, 11) is 3.17. The number of methoxy groups -OCH3 is 2. The number of hydrogen-bond donors (Lipinski definition) is 1. The van der Waals surface area contributed by atoms with Gasteiger partial charge in [0.25, 0.3) is 0 Å². The van der Waals surface area contributed by atoms with Crippen LogP contribution >= 0.6 is 0 Å². The average Bonchev–Trinajstić information content (AvgIpc) is 2.87. The molecule has 1 aliphatic heterocycles.